The largest absolute Gasteiger partial charge is 0.337 e. The first-order valence-electron chi connectivity index (χ1n) is 8.10. The van der Waals surface area contributed by atoms with Gasteiger partial charge in [-0.3, -0.25) is 4.79 Å². The number of likely N-dealkylation sites (tertiary alicyclic amines) is 1. The minimum atomic E-state index is 0.262. The van der Waals surface area contributed by atoms with Crippen molar-refractivity contribution in [1.82, 2.24) is 9.80 Å². The number of carbonyl (C=O) groups is 1. The Morgan fingerprint density at radius 1 is 1.20 bits per heavy atom. The summed E-state index contributed by atoms with van der Waals surface area (Å²) in [6, 6.07) is 3.18. The Morgan fingerprint density at radius 3 is 2.50 bits per heavy atom. The molecule has 4 heteroatoms. The SMILES string of the molecule is CC(=O)N(C1CCC1)C1CCCN(CCCC#N)CC1. The van der Waals surface area contributed by atoms with Gasteiger partial charge in [-0.15, -0.1) is 0 Å². The van der Waals surface area contributed by atoms with Crippen LogP contribution in [0.25, 0.3) is 0 Å². The van der Waals surface area contributed by atoms with Gasteiger partial charge in [0.05, 0.1) is 6.07 Å². The summed E-state index contributed by atoms with van der Waals surface area (Å²) in [5.41, 5.74) is 0. The van der Waals surface area contributed by atoms with E-state index in [-0.39, 0.29) is 5.91 Å². The Bertz CT molecular complexity index is 359. The molecule has 1 aliphatic heterocycles. The summed E-state index contributed by atoms with van der Waals surface area (Å²) < 4.78 is 0. The second-order valence-electron chi connectivity index (χ2n) is 6.20. The molecule has 0 aromatic carbocycles. The predicted octanol–water partition coefficient (Wildman–Crippen LogP) is 2.55. The Morgan fingerprint density at radius 2 is 1.90 bits per heavy atom. The summed E-state index contributed by atoms with van der Waals surface area (Å²) in [7, 11) is 0. The van der Waals surface area contributed by atoms with Crippen LogP contribution in [0, 0.1) is 11.3 Å². The van der Waals surface area contributed by atoms with E-state index >= 15 is 0 Å². The van der Waals surface area contributed by atoms with Gasteiger partial charge in [-0.1, -0.05) is 0 Å². The molecule has 1 aliphatic carbocycles. The molecule has 2 rings (SSSR count). The lowest BCUT2D eigenvalue weighted by atomic mass is 9.89. The van der Waals surface area contributed by atoms with Crippen LogP contribution in [0.1, 0.15) is 58.3 Å². The van der Waals surface area contributed by atoms with Crippen LogP contribution in [0.3, 0.4) is 0 Å². The fourth-order valence-corrected chi connectivity index (χ4v) is 3.50. The topological polar surface area (TPSA) is 47.3 Å². The molecule has 112 valence electrons. The highest BCUT2D eigenvalue weighted by atomic mass is 16.2. The maximum atomic E-state index is 12.0. The van der Waals surface area contributed by atoms with Gasteiger partial charge in [-0.05, 0) is 58.0 Å². The van der Waals surface area contributed by atoms with Crippen molar-refractivity contribution in [3.8, 4) is 6.07 Å². The third-order valence-electron chi connectivity index (χ3n) is 4.78. The molecule has 0 spiro atoms. The van der Waals surface area contributed by atoms with E-state index in [2.05, 4.69) is 15.9 Å². The number of unbranched alkanes of at least 4 members (excludes halogenated alkanes) is 1. The van der Waals surface area contributed by atoms with E-state index in [0.29, 0.717) is 18.5 Å². The van der Waals surface area contributed by atoms with Crippen LogP contribution in [0.15, 0.2) is 0 Å². The summed E-state index contributed by atoms with van der Waals surface area (Å²) >= 11 is 0. The van der Waals surface area contributed by atoms with E-state index < -0.39 is 0 Å². The number of hydrogen-bond donors (Lipinski definition) is 0. The summed E-state index contributed by atoms with van der Waals surface area (Å²) in [6.45, 7) is 4.96. The molecule has 2 fully saturated rings. The number of carbonyl (C=O) groups excluding carboxylic acids is 1. The number of nitrogens with zero attached hydrogens (tertiary/aromatic N) is 3. The van der Waals surface area contributed by atoms with E-state index in [1.54, 1.807) is 6.92 Å². The van der Waals surface area contributed by atoms with Crippen molar-refractivity contribution in [2.45, 2.75) is 70.4 Å². The third-order valence-corrected chi connectivity index (χ3v) is 4.78. The van der Waals surface area contributed by atoms with Crippen molar-refractivity contribution in [2.75, 3.05) is 19.6 Å². The van der Waals surface area contributed by atoms with Crippen LogP contribution in [0.4, 0.5) is 0 Å². The molecule has 1 atom stereocenters. The Labute approximate surface area is 122 Å². The van der Waals surface area contributed by atoms with Crippen molar-refractivity contribution >= 4 is 5.91 Å². The second-order valence-corrected chi connectivity index (χ2v) is 6.20. The number of amides is 1. The van der Waals surface area contributed by atoms with Crippen molar-refractivity contribution in [2.24, 2.45) is 0 Å². The van der Waals surface area contributed by atoms with Crippen LogP contribution >= 0.6 is 0 Å². The maximum absolute atomic E-state index is 12.0. The van der Waals surface area contributed by atoms with Gasteiger partial charge >= 0.3 is 0 Å². The van der Waals surface area contributed by atoms with E-state index in [0.717, 1.165) is 38.9 Å². The van der Waals surface area contributed by atoms with Crippen LogP contribution in [-0.4, -0.2) is 47.4 Å². The maximum Gasteiger partial charge on any atom is 0.219 e. The molecular weight excluding hydrogens is 250 g/mol. The number of nitriles is 1. The van der Waals surface area contributed by atoms with Crippen molar-refractivity contribution in [3.05, 3.63) is 0 Å². The van der Waals surface area contributed by atoms with Crippen molar-refractivity contribution < 1.29 is 4.79 Å². The molecule has 1 saturated heterocycles. The lowest BCUT2D eigenvalue weighted by molar-refractivity contribution is -0.136. The number of hydrogen-bond acceptors (Lipinski definition) is 3. The van der Waals surface area contributed by atoms with Gasteiger partial charge in [0, 0.05) is 32.0 Å². The Hall–Kier alpha value is -1.08. The molecule has 0 aromatic heterocycles. The van der Waals surface area contributed by atoms with Crippen LogP contribution in [0.5, 0.6) is 0 Å². The second kappa shape index (κ2) is 7.64. The summed E-state index contributed by atoms with van der Waals surface area (Å²) in [4.78, 5) is 16.6. The van der Waals surface area contributed by atoms with Crippen molar-refractivity contribution in [1.29, 1.82) is 5.26 Å². The average molecular weight is 277 g/mol. The van der Waals surface area contributed by atoms with E-state index in [1.165, 1.54) is 25.7 Å². The average Bonchev–Trinajstić information content (AvgIpc) is 2.59. The lowest BCUT2D eigenvalue weighted by Gasteiger charge is -2.42. The van der Waals surface area contributed by atoms with Gasteiger partial charge in [0.1, 0.15) is 0 Å². The van der Waals surface area contributed by atoms with Crippen LogP contribution in [-0.2, 0) is 4.79 Å². The smallest absolute Gasteiger partial charge is 0.219 e. The zero-order chi connectivity index (χ0) is 14.4. The van der Waals surface area contributed by atoms with Gasteiger partial charge in [0.25, 0.3) is 0 Å². The first kappa shape index (κ1) is 15.3. The normalized spacial score (nSPS) is 24.5. The minimum Gasteiger partial charge on any atom is -0.337 e. The molecule has 2 aliphatic rings. The third kappa shape index (κ3) is 3.96. The molecular formula is C16H27N3O. The van der Waals surface area contributed by atoms with Gasteiger partial charge in [0.15, 0.2) is 0 Å². The molecule has 0 aromatic rings. The summed E-state index contributed by atoms with van der Waals surface area (Å²) in [5, 5.41) is 8.61. The molecule has 1 unspecified atom stereocenters. The molecule has 1 heterocycles. The zero-order valence-corrected chi connectivity index (χ0v) is 12.7. The first-order chi connectivity index (χ1) is 9.72. The molecule has 20 heavy (non-hydrogen) atoms. The van der Waals surface area contributed by atoms with E-state index in [4.69, 9.17) is 5.26 Å². The molecule has 0 radical (unpaired) electrons. The summed E-state index contributed by atoms with van der Waals surface area (Å²) in [5.74, 6) is 0.262. The fourth-order valence-electron chi connectivity index (χ4n) is 3.50. The molecule has 0 bridgehead atoms. The monoisotopic (exact) mass is 277 g/mol. The molecule has 0 N–H and O–H groups in total. The molecule has 1 saturated carbocycles. The quantitative estimate of drug-likeness (QED) is 0.726. The van der Waals surface area contributed by atoms with Gasteiger partial charge in [0.2, 0.25) is 5.91 Å². The van der Waals surface area contributed by atoms with E-state index in [1.807, 2.05) is 0 Å². The fraction of sp³-hybridized carbons (Fsp3) is 0.875. The van der Waals surface area contributed by atoms with Gasteiger partial charge in [-0.25, -0.2) is 0 Å². The number of rotatable bonds is 5. The highest BCUT2D eigenvalue weighted by molar-refractivity contribution is 5.74. The highest BCUT2D eigenvalue weighted by Gasteiger charge is 2.33. The van der Waals surface area contributed by atoms with Gasteiger partial charge in [-0.2, -0.15) is 5.26 Å². The molecule has 1 amide bonds. The lowest BCUT2D eigenvalue weighted by Crippen LogP contribution is -2.49. The standard InChI is InChI=1S/C16H27N3O/c1-14(20)19(15-6-4-7-15)16-8-5-12-18(13-9-16)11-3-2-10-17/h15-16H,2-9,11-13H2,1H3. The van der Waals surface area contributed by atoms with E-state index in [9.17, 15) is 4.79 Å². The van der Waals surface area contributed by atoms with Crippen molar-refractivity contribution in [3.63, 3.8) is 0 Å². The minimum absolute atomic E-state index is 0.262. The first-order valence-corrected chi connectivity index (χ1v) is 8.10. The van der Waals surface area contributed by atoms with Crippen LogP contribution < -0.4 is 0 Å². The van der Waals surface area contributed by atoms with Crippen LogP contribution in [0.2, 0.25) is 0 Å². The summed E-state index contributed by atoms with van der Waals surface area (Å²) in [6.07, 6.45) is 8.72. The Balaban J connectivity index is 1.84. The molecule has 4 nitrogen and oxygen atoms in total. The highest BCUT2D eigenvalue weighted by Crippen LogP contribution is 2.30. The Kier molecular flexibility index (Phi) is 5.85. The predicted molar refractivity (Wildman–Crippen MR) is 79.1 cm³/mol. The van der Waals surface area contributed by atoms with Gasteiger partial charge < -0.3 is 9.80 Å². The zero-order valence-electron chi connectivity index (χ0n) is 12.7.